The first-order valence-corrected chi connectivity index (χ1v) is 8.20. The van der Waals surface area contributed by atoms with Gasteiger partial charge in [-0.1, -0.05) is 0 Å². The summed E-state index contributed by atoms with van der Waals surface area (Å²) in [6.07, 6.45) is 2.54. The van der Waals surface area contributed by atoms with Gasteiger partial charge in [0.25, 0.3) is 0 Å². The molecule has 0 aromatic carbocycles. The Kier molecular flexibility index (Phi) is 6.79. The van der Waals surface area contributed by atoms with Gasteiger partial charge in [0.1, 0.15) is 0 Å². The molecule has 0 amide bonds. The van der Waals surface area contributed by atoms with E-state index in [1.165, 1.54) is 0 Å². The molecule has 1 rings (SSSR count). The summed E-state index contributed by atoms with van der Waals surface area (Å²) in [6, 6.07) is 0. The smallest absolute Gasteiger partial charge is 0.191 e. The molecule has 1 aliphatic rings. The molecule has 0 spiro atoms. The van der Waals surface area contributed by atoms with Gasteiger partial charge in [-0.05, 0) is 33.6 Å². The minimum Gasteiger partial charge on any atom is -0.376 e. The highest BCUT2D eigenvalue weighted by molar-refractivity contribution is 7.86. The summed E-state index contributed by atoms with van der Waals surface area (Å²) in [6.45, 7) is 8.29. The van der Waals surface area contributed by atoms with Crippen LogP contribution < -0.4 is 10.6 Å². The Balaban J connectivity index is 2.20. The van der Waals surface area contributed by atoms with Crippen LogP contribution in [-0.2, 0) is 15.5 Å². The molecule has 5 nitrogen and oxygen atoms in total. The molecule has 0 radical (unpaired) electrons. The van der Waals surface area contributed by atoms with Crippen LogP contribution in [0.2, 0.25) is 0 Å². The highest BCUT2D eigenvalue weighted by Crippen LogP contribution is 2.11. The maximum absolute atomic E-state index is 11.9. The lowest BCUT2D eigenvalue weighted by molar-refractivity contribution is 0.114. The summed E-state index contributed by atoms with van der Waals surface area (Å²) < 4.78 is 17.3. The van der Waals surface area contributed by atoms with Gasteiger partial charge >= 0.3 is 0 Å². The third-order valence-corrected chi connectivity index (χ3v) is 4.95. The van der Waals surface area contributed by atoms with E-state index in [0.717, 1.165) is 32.0 Å². The van der Waals surface area contributed by atoms with E-state index in [0.29, 0.717) is 18.4 Å². The second-order valence-electron chi connectivity index (χ2n) is 5.68. The molecule has 2 N–H and O–H groups in total. The lowest BCUT2D eigenvalue weighted by atomic mass is 10.2. The Hall–Kier alpha value is -0.620. The van der Waals surface area contributed by atoms with Gasteiger partial charge in [-0.25, -0.2) is 0 Å². The standard InChI is InChI=1S/C13H27N3O2S/c1-13(2,3)19(17)9-7-15-12(14-4)16-10-11-6-5-8-18-11/h11H,5-10H2,1-4H3,(H2,14,15,16). The zero-order valence-corrected chi connectivity index (χ0v) is 13.3. The number of ether oxygens (including phenoxy) is 1. The molecule has 0 bridgehead atoms. The molecule has 19 heavy (non-hydrogen) atoms. The van der Waals surface area contributed by atoms with Gasteiger partial charge in [-0.15, -0.1) is 0 Å². The quantitative estimate of drug-likeness (QED) is 0.582. The molecule has 2 atom stereocenters. The van der Waals surface area contributed by atoms with E-state index >= 15 is 0 Å². The first kappa shape index (κ1) is 16.4. The predicted molar refractivity (Wildman–Crippen MR) is 81.1 cm³/mol. The average Bonchev–Trinajstić information content (AvgIpc) is 2.85. The van der Waals surface area contributed by atoms with Crippen molar-refractivity contribution in [2.24, 2.45) is 4.99 Å². The second-order valence-corrected chi connectivity index (χ2v) is 8.00. The Labute approximate surface area is 119 Å². The number of aliphatic imine (C=N–C) groups is 1. The van der Waals surface area contributed by atoms with Crippen molar-refractivity contribution in [2.75, 3.05) is 32.5 Å². The van der Waals surface area contributed by atoms with Gasteiger partial charge in [0, 0.05) is 48.0 Å². The van der Waals surface area contributed by atoms with Crippen molar-refractivity contribution in [1.29, 1.82) is 0 Å². The first-order valence-electron chi connectivity index (χ1n) is 6.88. The Morgan fingerprint density at radius 1 is 1.42 bits per heavy atom. The van der Waals surface area contributed by atoms with E-state index < -0.39 is 10.8 Å². The Morgan fingerprint density at radius 3 is 2.68 bits per heavy atom. The van der Waals surface area contributed by atoms with Gasteiger partial charge in [-0.3, -0.25) is 9.20 Å². The highest BCUT2D eigenvalue weighted by atomic mass is 32.2. The number of hydrogen-bond acceptors (Lipinski definition) is 3. The van der Waals surface area contributed by atoms with Gasteiger partial charge < -0.3 is 15.4 Å². The molecule has 6 heteroatoms. The van der Waals surface area contributed by atoms with Crippen LogP contribution in [-0.4, -0.2) is 53.5 Å². The number of rotatable bonds is 5. The molecule has 1 fully saturated rings. The van der Waals surface area contributed by atoms with E-state index in [1.807, 2.05) is 20.8 Å². The Bertz CT molecular complexity index is 320. The molecule has 2 unspecified atom stereocenters. The molecule has 0 aromatic heterocycles. The monoisotopic (exact) mass is 289 g/mol. The van der Waals surface area contributed by atoms with Crippen molar-refractivity contribution >= 4 is 16.8 Å². The van der Waals surface area contributed by atoms with Crippen LogP contribution in [0.15, 0.2) is 4.99 Å². The van der Waals surface area contributed by atoms with Crippen molar-refractivity contribution in [1.82, 2.24) is 10.6 Å². The summed E-state index contributed by atoms with van der Waals surface area (Å²) >= 11 is 0. The van der Waals surface area contributed by atoms with Crippen molar-refractivity contribution in [3.63, 3.8) is 0 Å². The van der Waals surface area contributed by atoms with Crippen LogP contribution in [0.3, 0.4) is 0 Å². The summed E-state index contributed by atoms with van der Waals surface area (Å²) in [5.41, 5.74) is 0. The van der Waals surface area contributed by atoms with E-state index in [9.17, 15) is 4.21 Å². The zero-order chi connectivity index (χ0) is 14.3. The Morgan fingerprint density at radius 2 is 2.16 bits per heavy atom. The van der Waals surface area contributed by atoms with E-state index in [4.69, 9.17) is 4.74 Å². The molecule has 1 heterocycles. The minimum absolute atomic E-state index is 0.156. The lowest BCUT2D eigenvalue weighted by Gasteiger charge is -2.19. The SMILES string of the molecule is CN=C(NCCS(=O)C(C)(C)C)NCC1CCCO1. The maximum atomic E-state index is 11.9. The lowest BCUT2D eigenvalue weighted by Crippen LogP contribution is -2.43. The number of hydrogen-bond donors (Lipinski definition) is 2. The van der Waals surface area contributed by atoms with Crippen molar-refractivity contribution in [2.45, 2.75) is 44.5 Å². The van der Waals surface area contributed by atoms with Crippen LogP contribution in [0.4, 0.5) is 0 Å². The van der Waals surface area contributed by atoms with Crippen molar-refractivity contribution in [3.8, 4) is 0 Å². The largest absolute Gasteiger partial charge is 0.376 e. The topological polar surface area (TPSA) is 62.7 Å². The van der Waals surface area contributed by atoms with Crippen LogP contribution in [0.25, 0.3) is 0 Å². The number of guanidine groups is 1. The summed E-state index contributed by atoms with van der Waals surface area (Å²) in [5.74, 6) is 1.38. The fourth-order valence-corrected chi connectivity index (χ4v) is 2.70. The third kappa shape index (κ3) is 6.38. The number of nitrogens with one attached hydrogen (secondary N) is 2. The molecular weight excluding hydrogens is 262 g/mol. The molecule has 112 valence electrons. The van der Waals surface area contributed by atoms with Crippen LogP contribution in [0.5, 0.6) is 0 Å². The summed E-state index contributed by atoms with van der Waals surface area (Å²) in [5, 5.41) is 6.43. The molecular formula is C13H27N3O2S. The van der Waals surface area contributed by atoms with Crippen LogP contribution in [0.1, 0.15) is 33.6 Å². The maximum Gasteiger partial charge on any atom is 0.191 e. The normalized spacial score (nSPS) is 22.3. The number of nitrogens with zero attached hydrogens (tertiary/aromatic N) is 1. The molecule has 0 aromatic rings. The predicted octanol–water partition coefficient (Wildman–Crippen LogP) is 0.878. The molecule has 1 aliphatic heterocycles. The van der Waals surface area contributed by atoms with E-state index in [-0.39, 0.29) is 4.75 Å². The second kappa shape index (κ2) is 7.85. The first-order chi connectivity index (χ1) is 8.93. The van der Waals surface area contributed by atoms with Crippen LogP contribution >= 0.6 is 0 Å². The third-order valence-electron chi connectivity index (χ3n) is 3.01. The molecule has 0 aliphatic carbocycles. The summed E-state index contributed by atoms with van der Waals surface area (Å²) in [4.78, 5) is 4.15. The fraction of sp³-hybridized carbons (Fsp3) is 0.923. The zero-order valence-electron chi connectivity index (χ0n) is 12.5. The minimum atomic E-state index is -0.832. The summed E-state index contributed by atoms with van der Waals surface area (Å²) in [7, 11) is 0.910. The molecule has 1 saturated heterocycles. The van der Waals surface area contributed by atoms with Gasteiger partial charge in [0.05, 0.1) is 6.10 Å². The van der Waals surface area contributed by atoms with E-state index in [2.05, 4.69) is 15.6 Å². The van der Waals surface area contributed by atoms with Crippen LogP contribution in [0, 0.1) is 0 Å². The fourth-order valence-electron chi connectivity index (χ4n) is 1.80. The van der Waals surface area contributed by atoms with E-state index in [1.54, 1.807) is 7.05 Å². The van der Waals surface area contributed by atoms with Gasteiger partial charge in [0.15, 0.2) is 5.96 Å². The highest BCUT2D eigenvalue weighted by Gasteiger charge is 2.19. The van der Waals surface area contributed by atoms with Gasteiger partial charge in [0.2, 0.25) is 0 Å². The van der Waals surface area contributed by atoms with Crippen molar-refractivity contribution < 1.29 is 8.95 Å². The van der Waals surface area contributed by atoms with Gasteiger partial charge in [-0.2, -0.15) is 0 Å². The average molecular weight is 289 g/mol. The molecule has 0 saturated carbocycles. The van der Waals surface area contributed by atoms with Crippen molar-refractivity contribution in [3.05, 3.63) is 0 Å².